The minimum Gasteiger partial charge on any atom is -0.497 e. The van der Waals surface area contributed by atoms with Crippen LogP contribution in [-0.2, 0) is 0 Å². The Kier molecular flexibility index (Phi) is 4.58. The Morgan fingerprint density at radius 1 is 1.05 bits per heavy atom. The standard InChI is InChI=1S/C17H19F2NO/c1-10-7-12(18)8-11(2)16(10)17(20-3)14-6-5-13(21-4)9-15(14)19/h5-9,17,20H,1-4H3. The summed E-state index contributed by atoms with van der Waals surface area (Å²) in [7, 11) is 3.26. The topological polar surface area (TPSA) is 21.3 Å². The number of ether oxygens (including phenoxy) is 1. The number of nitrogens with one attached hydrogen (secondary N) is 1. The summed E-state index contributed by atoms with van der Waals surface area (Å²) in [6, 6.07) is 7.36. The molecule has 0 fully saturated rings. The van der Waals surface area contributed by atoms with Crippen LogP contribution in [0, 0.1) is 25.5 Å². The Labute approximate surface area is 123 Å². The third-order valence-corrected chi connectivity index (χ3v) is 3.65. The third-order valence-electron chi connectivity index (χ3n) is 3.65. The van der Waals surface area contributed by atoms with E-state index in [1.165, 1.54) is 25.3 Å². The maximum absolute atomic E-state index is 14.3. The summed E-state index contributed by atoms with van der Waals surface area (Å²) < 4.78 is 32.8. The minimum atomic E-state index is -0.350. The van der Waals surface area contributed by atoms with Gasteiger partial charge in [0.05, 0.1) is 13.2 Å². The van der Waals surface area contributed by atoms with Gasteiger partial charge in [0.2, 0.25) is 0 Å². The van der Waals surface area contributed by atoms with E-state index in [9.17, 15) is 8.78 Å². The van der Waals surface area contributed by atoms with Gasteiger partial charge in [-0.25, -0.2) is 8.78 Å². The molecule has 0 aromatic heterocycles. The summed E-state index contributed by atoms with van der Waals surface area (Å²) in [6.07, 6.45) is 0. The van der Waals surface area contributed by atoms with Crippen LogP contribution in [0.25, 0.3) is 0 Å². The van der Waals surface area contributed by atoms with Crippen LogP contribution in [0.15, 0.2) is 30.3 Å². The molecule has 112 valence electrons. The van der Waals surface area contributed by atoms with Crippen molar-refractivity contribution in [3.63, 3.8) is 0 Å². The number of hydrogen-bond donors (Lipinski definition) is 1. The first-order chi connectivity index (χ1) is 9.97. The van der Waals surface area contributed by atoms with Gasteiger partial charge in [-0.15, -0.1) is 0 Å². The Balaban J connectivity index is 2.55. The normalized spacial score (nSPS) is 12.3. The van der Waals surface area contributed by atoms with Crippen LogP contribution >= 0.6 is 0 Å². The Morgan fingerprint density at radius 3 is 2.14 bits per heavy atom. The second-order valence-corrected chi connectivity index (χ2v) is 5.06. The fourth-order valence-electron chi connectivity index (χ4n) is 2.70. The zero-order valence-corrected chi connectivity index (χ0v) is 12.6. The third kappa shape index (κ3) is 3.05. The smallest absolute Gasteiger partial charge is 0.132 e. The van der Waals surface area contributed by atoms with E-state index in [4.69, 9.17) is 4.74 Å². The number of halogens is 2. The molecule has 0 aliphatic carbocycles. The molecule has 0 saturated carbocycles. The molecule has 21 heavy (non-hydrogen) atoms. The molecule has 2 rings (SSSR count). The van der Waals surface area contributed by atoms with Gasteiger partial charge in [-0.1, -0.05) is 6.07 Å². The van der Waals surface area contributed by atoms with E-state index < -0.39 is 0 Å². The van der Waals surface area contributed by atoms with Crippen molar-refractivity contribution < 1.29 is 13.5 Å². The number of methoxy groups -OCH3 is 1. The van der Waals surface area contributed by atoms with E-state index >= 15 is 0 Å². The molecule has 1 N–H and O–H groups in total. The molecule has 1 unspecified atom stereocenters. The van der Waals surface area contributed by atoms with Gasteiger partial charge in [0, 0.05) is 11.6 Å². The monoisotopic (exact) mass is 291 g/mol. The molecule has 0 amide bonds. The van der Waals surface area contributed by atoms with E-state index in [2.05, 4.69) is 5.32 Å². The maximum atomic E-state index is 14.3. The van der Waals surface area contributed by atoms with Crippen LogP contribution in [0.2, 0.25) is 0 Å². The highest BCUT2D eigenvalue weighted by molar-refractivity contribution is 5.44. The lowest BCUT2D eigenvalue weighted by Crippen LogP contribution is -2.21. The molecule has 0 bridgehead atoms. The van der Waals surface area contributed by atoms with Crippen LogP contribution < -0.4 is 10.1 Å². The second kappa shape index (κ2) is 6.22. The highest BCUT2D eigenvalue weighted by Gasteiger charge is 2.20. The van der Waals surface area contributed by atoms with Gasteiger partial charge in [-0.2, -0.15) is 0 Å². The van der Waals surface area contributed by atoms with E-state index in [-0.39, 0.29) is 17.7 Å². The highest BCUT2D eigenvalue weighted by Crippen LogP contribution is 2.31. The van der Waals surface area contributed by atoms with Crippen LogP contribution in [0.4, 0.5) is 8.78 Å². The van der Waals surface area contributed by atoms with Crippen molar-refractivity contribution in [2.75, 3.05) is 14.2 Å². The Hall–Kier alpha value is -1.94. The zero-order chi connectivity index (χ0) is 15.6. The molecule has 2 nitrogen and oxygen atoms in total. The first-order valence-electron chi connectivity index (χ1n) is 6.75. The van der Waals surface area contributed by atoms with E-state index in [1.54, 1.807) is 19.2 Å². The molecule has 0 saturated heterocycles. The number of benzene rings is 2. The molecule has 0 spiro atoms. The molecule has 1 atom stereocenters. The SMILES string of the molecule is CNC(c1ccc(OC)cc1F)c1c(C)cc(F)cc1C. The van der Waals surface area contributed by atoms with Gasteiger partial charge < -0.3 is 10.1 Å². The van der Waals surface area contributed by atoms with Crippen molar-refractivity contribution in [2.24, 2.45) is 0 Å². The predicted molar refractivity (Wildman–Crippen MR) is 79.7 cm³/mol. The molecular weight excluding hydrogens is 272 g/mol. The Morgan fingerprint density at radius 2 is 1.67 bits per heavy atom. The van der Waals surface area contributed by atoms with Gasteiger partial charge in [0.25, 0.3) is 0 Å². The molecule has 0 heterocycles. The summed E-state index contributed by atoms with van der Waals surface area (Å²) in [5, 5.41) is 3.11. The molecule has 4 heteroatoms. The summed E-state index contributed by atoms with van der Waals surface area (Å²) in [5.41, 5.74) is 2.99. The summed E-state index contributed by atoms with van der Waals surface area (Å²) in [5.74, 6) is -0.158. The molecule has 2 aromatic carbocycles. The van der Waals surface area contributed by atoms with Crippen molar-refractivity contribution in [1.82, 2.24) is 5.32 Å². The van der Waals surface area contributed by atoms with Crippen LogP contribution in [0.1, 0.15) is 28.3 Å². The van der Waals surface area contributed by atoms with Crippen LogP contribution in [0.3, 0.4) is 0 Å². The maximum Gasteiger partial charge on any atom is 0.132 e. The second-order valence-electron chi connectivity index (χ2n) is 5.06. The van der Waals surface area contributed by atoms with Gasteiger partial charge in [0.1, 0.15) is 17.4 Å². The molecule has 0 aliphatic heterocycles. The minimum absolute atomic E-state index is 0.279. The average molecular weight is 291 g/mol. The Bertz CT molecular complexity index is 632. The number of hydrogen-bond acceptors (Lipinski definition) is 2. The van der Waals surface area contributed by atoms with Crippen molar-refractivity contribution in [2.45, 2.75) is 19.9 Å². The fraction of sp³-hybridized carbons (Fsp3) is 0.294. The fourth-order valence-corrected chi connectivity index (χ4v) is 2.70. The lowest BCUT2D eigenvalue weighted by Gasteiger charge is -2.22. The van der Waals surface area contributed by atoms with Crippen LogP contribution in [0.5, 0.6) is 5.75 Å². The van der Waals surface area contributed by atoms with Crippen LogP contribution in [-0.4, -0.2) is 14.2 Å². The largest absolute Gasteiger partial charge is 0.497 e. The number of rotatable bonds is 4. The molecule has 2 aromatic rings. The molecule has 0 aliphatic rings. The van der Waals surface area contributed by atoms with E-state index in [0.29, 0.717) is 11.3 Å². The first kappa shape index (κ1) is 15.4. The summed E-state index contributed by atoms with van der Waals surface area (Å²) >= 11 is 0. The lowest BCUT2D eigenvalue weighted by molar-refractivity contribution is 0.410. The zero-order valence-electron chi connectivity index (χ0n) is 12.6. The van der Waals surface area contributed by atoms with Gasteiger partial charge in [-0.05, 0) is 55.8 Å². The molecular formula is C17H19F2NO. The van der Waals surface area contributed by atoms with Crippen molar-refractivity contribution >= 4 is 0 Å². The van der Waals surface area contributed by atoms with Crippen molar-refractivity contribution in [3.8, 4) is 5.75 Å². The highest BCUT2D eigenvalue weighted by atomic mass is 19.1. The molecule has 0 radical (unpaired) electrons. The van der Waals surface area contributed by atoms with Gasteiger partial charge in [-0.3, -0.25) is 0 Å². The van der Waals surface area contributed by atoms with Crippen molar-refractivity contribution in [3.05, 3.63) is 64.2 Å². The van der Waals surface area contributed by atoms with E-state index in [0.717, 1.165) is 16.7 Å². The van der Waals surface area contributed by atoms with Gasteiger partial charge >= 0.3 is 0 Å². The van der Waals surface area contributed by atoms with Crippen molar-refractivity contribution in [1.29, 1.82) is 0 Å². The number of aryl methyl sites for hydroxylation is 2. The van der Waals surface area contributed by atoms with Gasteiger partial charge in [0.15, 0.2) is 0 Å². The average Bonchev–Trinajstić information content (AvgIpc) is 2.43. The summed E-state index contributed by atoms with van der Waals surface area (Å²) in [4.78, 5) is 0. The lowest BCUT2D eigenvalue weighted by atomic mass is 9.91. The predicted octanol–water partition coefficient (Wildman–Crippen LogP) is 3.90. The summed E-state index contributed by atoms with van der Waals surface area (Å²) in [6.45, 7) is 3.66. The quantitative estimate of drug-likeness (QED) is 0.922. The van der Waals surface area contributed by atoms with E-state index in [1.807, 2.05) is 13.8 Å². The first-order valence-corrected chi connectivity index (χ1v) is 6.75.